The van der Waals surface area contributed by atoms with E-state index in [0.29, 0.717) is 5.41 Å². The Labute approximate surface area is 80.4 Å². The lowest BCUT2D eigenvalue weighted by Crippen LogP contribution is -2.28. The molecule has 1 heterocycles. The molecule has 1 aliphatic rings. The summed E-state index contributed by atoms with van der Waals surface area (Å²) in [5.74, 6) is 0. The average molecular weight is 175 g/mol. The van der Waals surface area contributed by atoms with Crippen LogP contribution in [0.15, 0.2) is 24.3 Å². The molecule has 1 aliphatic heterocycles. The highest BCUT2D eigenvalue weighted by molar-refractivity contribution is 5.61. The molecule has 13 heavy (non-hydrogen) atoms. The lowest BCUT2D eigenvalue weighted by atomic mass is 9.87. The third kappa shape index (κ3) is 1.23. The van der Waals surface area contributed by atoms with Gasteiger partial charge in [-0.15, -0.1) is 0 Å². The number of benzene rings is 1. The van der Waals surface area contributed by atoms with E-state index >= 15 is 0 Å². The molecule has 1 heteroatoms. The number of nitrogens with zero attached hydrogens (tertiary/aromatic N) is 1. The van der Waals surface area contributed by atoms with Crippen LogP contribution in [0.1, 0.15) is 26.3 Å². The normalized spacial score (nSPS) is 18.8. The Morgan fingerprint density at radius 2 is 2.00 bits per heavy atom. The van der Waals surface area contributed by atoms with Gasteiger partial charge in [0.2, 0.25) is 0 Å². The van der Waals surface area contributed by atoms with Crippen LogP contribution < -0.4 is 4.90 Å². The molecular formula is C12H17N. The molecule has 0 N–H and O–H groups in total. The molecular weight excluding hydrogens is 158 g/mol. The lowest BCUT2D eigenvalue weighted by Gasteiger charge is -2.20. The first kappa shape index (κ1) is 8.61. The predicted molar refractivity (Wildman–Crippen MR) is 57.4 cm³/mol. The maximum Gasteiger partial charge on any atom is 0.0405 e. The van der Waals surface area contributed by atoms with Crippen LogP contribution in [0.5, 0.6) is 0 Å². The van der Waals surface area contributed by atoms with Gasteiger partial charge in [-0.1, -0.05) is 32.0 Å². The van der Waals surface area contributed by atoms with E-state index in [0.717, 1.165) is 13.1 Å². The summed E-state index contributed by atoms with van der Waals surface area (Å²) >= 11 is 0. The van der Waals surface area contributed by atoms with Crippen molar-refractivity contribution in [3.63, 3.8) is 0 Å². The molecule has 0 saturated carbocycles. The van der Waals surface area contributed by atoms with Crippen LogP contribution in [0, 0.1) is 0 Å². The Morgan fingerprint density at radius 3 is 2.69 bits per heavy atom. The molecule has 0 aromatic heterocycles. The highest BCUT2D eigenvalue weighted by Crippen LogP contribution is 2.39. The number of hydrogen-bond acceptors (Lipinski definition) is 1. The van der Waals surface area contributed by atoms with E-state index < -0.39 is 0 Å². The van der Waals surface area contributed by atoms with Crippen molar-refractivity contribution >= 4 is 5.69 Å². The molecule has 0 amide bonds. The van der Waals surface area contributed by atoms with Gasteiger partial charge in [0.15, 0.2) is 0 Å². The number of para-hydroxylation sites is 1. The van der Waals surface area contributed by atoms with E-state index in [-0.39, 0.29) is 0 Å². The minimum absolute atomic E-state index is 0.326. The van der Waals surface area contributed by atoms with Crippen molar-refractivity contribution < 1.29 is 0 Å². The molecule has 0 unspecified atom stereocenters. The maximum atomic E-state index is 2.45. The fraction of sp³-hybridized carbons (Fsp3) is 0.500. The quantitative estimate of drug-likeness (QED) is 0.634. The maximum absolute atomic E-state index is 2.45. The summed E-state index contributed by atoms with van der Waals surface area (Å²) in [6.45, 7) is 9.13. The zero-order valence-electron chi connectivity index (χ0n) is 8.67. The number of fused-ring (bicyclic) bond motifs is 1. The smallest absolute Gasteiger partial charge is 0.0405 e. The summed E-state index contributed by atoms with van der Waals surface area (Å²) in [5, 5.41) is 0. The molecule has 0 radical (unpaired) electrons. The fourth-order valence-corrected chi connectivity index (χ4v) is 2.25. The van der Waals surface area contributed by atoms with Crippen molar-refractivity contribution in [2.75, 3.05) is 18.0 Å². The SMILES string of the molecule is CCN1CC(C)(C)c2ccccc21. The second-order valence-electron chi connectivity index (χ2n) is 4.42. The van der Waals surface area contributed by atoms with Crippen LogP contribution in [0.25, 0.3) is 0 Å². The first-order valence-corrected chi connectivity index (χ1v) is 4.99. The highest BCUT2D eigenvalue weighted by atomic mass is 15.2. The summed E-state index contributed by atoms with van der Waals surface area (Å²) in [6, 6.07) is 8.75. The number of likely N-dealkylation sites (N-methyl/N-ethyl adjacent to an activating group) is 1. The molecule has 0 saturated heterocycles. The van der Waals surface area contributed by atoms with Crippen molar-refractivity contribution in [1.29, 1.82) is 0 Å². The molecule has 0 fully saturated rings. The number of anilines is 1. The summed E-state index contributed by atoms with van der Waals surface area (Å²) in [4.78, 5) is 2.45. The van der Waals surface area contributed by atoms with Gasteiger partial charge in [0.05, 0.1) is 0 Å². The zero-order chi connectivity index (χ0) is 9.47. The minimum Gasteiger partial charge on any atom is -0.371 e. The van der Waals surface area contributed by atoms with Crippen LogP contribution in [-0.4, -0.2) is 13.1 Å². The van der Waals surface area contributed by atoms with Crippen molar-refractivity contribution in [1.82, 2.24) is 0 Å². The molecule has 1 aromatic rings. The van der Waals surface area contributed by atoms with Gasteiger partial charge < -0.3 is 4.90 Å². The first-order chi connectivity index (χ1) is 6.15. The van der Waals surface area contributed by atoms with Gasteiger partial charge in [-0.25, -0.2) is 0 Å². The standard InChI is InChI=1S/C12H17N/c1-4-13-9-12(2,3)10-7-5-6-8-11(10)13/h5-8H,4,9H2,1-3H3. The van der Waals surface area contributed by atoms with Crippen molar-refractivity contribution in [2.24, 2.45) is 0 Å². The van der Waals surface area contributed by atoms with Crippen molar-refractivity contribution in [2.45, 2.75) is 26.2 Å². The zero-order valence-corrected chi connectivity index (χ0v) is 8.67. The van der Waals surface area contributed by atoms with Crippen LogP contribution >= 0.6 is 0 Å². The highest BCUT2D eigenvalue weighted by Gasteiger charge is 2.33. The summed E-state index contributed by atoms with van der Waals surface area (Å²) in [5.41, 5.74) is 3.25. The van der Waals surface area contributed by atoms with Crippen LogP contribution in [0.3, 0.4) is 0 Å². The average Bonchev–Trinajstić information content (AvgIpc) is 2.39. The predicted octanol–water partition coefficient (Wildman–Crippen LogP) is 2.80. The van der Waals surface area contributed by atoms with E-state index in [9.17, 15) is 0 Å². The number of hydrogen-bond donors (Lipinski definition) is 0. The van der Waals surface area contributed by atoms with Crippen molar-refractivity contribution in [3.05, 3.63) is 29.8 Å². The molecule has 0 bridgehead atoms. The second kappa shape index (κ2) is 2.76. The molecule has 70 valence electrons. The molecule has 1 aromatic carbocycles. The minimum atomic E-state index is 0.326. The molecule has 0 aliphatic carbocycles. The summed E-state index contributed by atoms with van der Waals surface area (Å²) < 4.78 is 0. The van der Waals surface area contributed by atoms with Gasteiger partial charge in [-0.2, -0.15) is 0 Å². The summed E-state index contributed by atoms with van der Waals surface area (Å²) in [6.07, 6.45) is 0. The molecule has 0 atom stereocenters. The Kier molecular flexibility index (Phi) is 1.83. The Morgan fingerprint density at radius 1 is 1.31 bits per heavy atom. The largest absolute Gasteiger partial charge is 0.371 e. The van der Waals surface area contributed by atoms with E-state index in [2.05, 4.69) is 49.9 Å². The van der Waals surface area contributed by atoms with Crippen LogP contribution in [0.4, 0.5) is 5.69 Å². The molecule has 0 spiro atoms. The van der Waals surface area contributed by atoms with Gasteiger partial charge in [-0.05, 0) is 18.6 Å². The van der Waals surface area contributed by atoms with Crippen LogP contribution in [-0.2, 0) is 5.41 Å². The number of rotatable bonds is 1. The lowest BCUT2D eigenvalue weighted by molar-refractivity contribution is 0.554. The molecule has 2 rings (SSSR count). The fourth-order valence-electron chi connectivity index (χ4n) is 2.25. The van der Waals surface area contributed by atoms with Gasteiger partial charge in [0.1, 0.15) is 0 Å². The van der Waals surface area contributed by atoms with E-state index in [1.54, 1.807) is 0 Å². The van der Waals surface area contributed by atoms with Gasteiger partial charge >= 0.3 is 0 Å². The summed E-state index contributed by atoms with van der Waals surface area (Å²) in [7, 11) is 0. The van der Waals surface area contributed by atoms with Gasteiger partial charge in [-0.3, -0.25) is 0 Å². The Balaban J connectivity index is 2.51. The van der Waals surface area contributed by atoms with E-state index in [1.165, 1.54) is 11.3 Å². The topological polar surface area (TPSA) is 3.24 Å². The van der Waals surface area contributed by atoms with E-state index in [1.807, 2.05) is 0 Å². The Hall–Kier alpha value is -0.980. The third-order valence-electron chi connectivity index (χ3n) is 2.94. The molecule has 1 nitrogen and oxygen atoms in total. The van der Waals surface area contributed by atoms with Crippen molar-refractivity contribution in [3.8, 4) is 0 Å². The van der Waals surface area contributed by atoms with Gasteiger partial charge in [0, 0.05) is 24.2 Å². The first-order valence-electron chi connectivity index (χ1n) is 4.99. The van der Waals surface area contributed by atoms with Gasteiger partial charge in [0.25, 0.3) is 0 Å². The monoisotopic (exact) mass is 175 g/mol. The Bertz CT molecular complexity index is 315. The van der Waals surface area contributed by atoms with Crippen LogP contribution in [0.2, 0.25) is 0 Å². The second-order valence-corrected chi connectivity index (χ2v) is 4.42. The third-order valence-corrected chi connectivity index (χ3v) is 2.94. The van der Waals surface area contributed by atoms with E-state index in [4.69, 9.17) is 0 Å².